The maximum Gasteiger partial charge on any atom is 0.210 e. The first-order valence-electron chi connectivity index (χ1n) is 9.21. The molecule has 5 radical (unpaired) electrons. The van der Waals surface area contributed by atoms with Gasteiger partial charge in [-0.1, -0.05) is 48.0 Å². The molecule has 0 bridgehead atoms. The van der Waals surface area contributed by atoms with Crippen molar-refractivity contribution < 1.29 is 9.59 Å². The van der Waals surface area contributed by atoms with Crippen molar-refractivity contribution in [3.8, 4) is 0 Å². The average molecular weight is 366 g/mol. The van der Waals surface area contributed by atoms with Crippen LogP contribution in [0, 0.1) is 31.6 Å². The van der Waals surface area contributed by atoms with Gasteiger partial charge in [-0.25, -0.2) is 0 Å². The summed E-state index contributed by atoms with van der Waals surface area (Å²) in [5, 5.41) is 3.19. The lowest BCUT2D eigenvalue weighted by molar-refractivity contribution is 0.0978. The lowest BCUT2D eigenvalue weighted by Crippen LogP contribution is -2.25. The van der Waals surface area contributed by atoms with E-state index in [-0.39, 0.29) is 11.6 Å². The van der Waals surface area contributed by atoms with E-state index in [0.717, 1.165) is 22.7 Å². The highest BCUT2D eigenvalue weighted by Crippen LogP contribution is 2.32. The van der Waals surface area contributed by atoms with Crippen molar-refractivity contribution in [2.45, 2.75) is 13.8 Å². The molecule has 0 saturated heterocycles. The molecular weight excluding hydrogens is 346 g/mol. The number of hydrogen-bond donors (Lipinski definition) is 1. The molecule has 2 aromatic rings. The second-order valence-electron chi connectivity index (χ2n) is 7.09. The summed E-state index contributed by atoms with van der Waals surface area (Å²) < 4.78 is 0. The molecule has 2 aromatic carbocycles. The predicted molar refractivity (Wildman–Crippen MR) is 111 cm³/mol. The van der Waals surface area contributed by atoms with Crippen LogP contribution in [0.3, 0.4) is 0 Å². The van der Waals surface area contributed by atoms with Crippen LogP contribution in [-0.4, -0.2) is 11.6 Å². The van der Waals surface area contributed by atoms with Crippen molar-refractivity contribution in [2.24, 2.45) is 0 Å². The summed E-state index contributed by atoms with van der Waals surface area (Å²) in [5.41, 5.74) is 4.46. The first-order chi connectivity index (χ1) is 13.5. The highest BCUT2D eigenvalue weighted by Gasteiger charge is 2.31. The largest absolute Gasteiger partial charge is 0.352 e. The molecule has 2 aliphatic rings. The molecule has 1 saturated carbocycles. The molecule has 3 nitrogen and oxygen atoms in total. The zero-order valence-electron chi connectivity index (χ0n) is 15.8. The molecule has 2 aliphatic carbocycles. The van der Waals surface area contributed by atoms with Gasteiger partial charge in [0.2, 0.25) is 5.78 Å². The van der Waals surface area contributed by atoms with Gasteiger partial charge in [-0.15, -0.1) is 0 Å². The maximum absolute atomic E-state index is 13.1. The summed E-state index contributed by atoms with van der Waals surface area (Å²) in [6, 6.07) is 14.8. The number of carbonyl (C=O) groups excluding carboxylic acids is 2. The highest BCUT2D eigenvalue weighted by molar-refractivity contribution is 6.28. The molecule has 0 atom stereocenters. The first kappa shape index (κ1) is 18.4. The van der Waals surface area contributed by atoms with Crippen LogP contribution >= 0.6 is 0 Å². The lowest BCUT2D eigenvalue weighted by atomic mass is 9.86. The summed E-state index contributed by atoms with van der Waals surface area (Å²) in [5.74, 6) is 0.851. The molecule has 0 aliphatic heterocycles. The van der Waals surface area contributed by atoms with Crippen LogP contribution in [0.15, 0.2) is 71.5 Å². The number of fused-ring (bicyclic) bond motifs is 1. The van der Waals surface area contributed by atoms with E-state index in [1.165, 1.54) is 0 Å². The van der Waals surface area contributed by atoms with Gasteiger partial charge in [0.25, 0.3) is 0 Å². The number of carbonyl (C=O) groups is 2. The van der Waals surface area contributed by atoms with Gasteiger partial charge >= 0.3 is 0 Å². The molecule has 1 N–H and O–H groups in total. The molecule has 0 heterocycles. The van der Waals surface area contributed by atoms with Gasteiger partial charge in [0.1, 0.15) is 0 Å². The smallest absolute Gasteiger partial charge is 0.210 e. The number of benzene rings is 2. The molecule has 0 aromatic heterocycles. The number of rotatable bonds is 4. The van der Waals surface area contributed by atoms with Crippen LogP contribution in [-0.2, 0) is 0 Å². The molecule has 28 heavy (non-hydrogen) atoms. The van der Waals surface area contributed by atoms with Gasteiger partial charge in [-0.05, 0) is 57.2 Å². The third-order valence-electron chi connectivity index (χ3n) is 4.74. The third kappa shape index (κ3) is 3.45. The van der Waals surface area contributed by atoms with E-state index >= 15 is 0 Å². The molecule has 0 amide bonds. The summed E-state index contributed by atoms with van der Waals surface area (Å²) >= 11 is 0. The van der Waals surface area contributed by atoms with Gasteiger partial charge in [0.15, 0.2) is 5.78 Å². The first-order valence-corrected chi connectivity index (χ1v) is 9.21. The molecule has 1 fully saturated rings. The molecule has 4 rings (SSSR count). The minimum absolute atomic E-state index is 0.132. The monoisotopic (exact) mass is 366 g/mol. The zero-order chi connectivity index (χ0) is 19.7. The SMILES string of the molecule is CC(C)=CC1=C(Nc2ccc([C]3[CH][CH][CH][CH]3)cc2)C(=O)c2ccccc2C1=O. The predicted octanol–water partition coefficient (Wildman–Crippen LogP) is 5.15. The van der Waals surface area contributed by atoms with Crippen LogP contribution in [0.25, 0.3) is 0 Å². The van der Waals surface area contributed by atoms with Crippen molar-refractivity contribution in [2.75, 3.05) is 5.32 Å². The van der Waals surface area contributed by atoms with Crippen molar-refractivity contribution in [3.05, 3.63) is 120 Å². The van der Waals surface area contributed by atoms with Crippen molar-refractivity contribution in [1.82, 2.24) is 0 Å². The number of anilines is 1. The Morgan fingerprint density at radius 3 is 2.04 bits per heavy atom. The third-order valence-corrected chi connectivity index (χ3v) is 4.74. The molecule has 0 unspecified atom stereocenters. The van der Waals surface area contributed by atoms with E-state index < -0.39 is 0 Å². The number of hydrogen-bond acceptors (Lipinski definition) is 3. The zero-order valence-corrected chi connectivity index (χ0v) is 15.8. The summed E-state index contributed by atoms with van der Waals surface area (Å²) in [6.45, 7) is 3.83. The minimum atomic E-state index is -0.164. The fraction of sp³-hybridized carbons (Fsp3) is 0.0800. The Hall–Kier alpha value is -2.94. The number of nitrogens with one attached hydrogen (secondary N) is 1. The fourth-order valence-corrected chi connectivity index (χ4v) is 3.40. The summed E-state index contributed by atoms with van der Waals surface area (Å²) in [6.07, 6.45) is 9.89. The molecule has 3 heteroatoms. The second-order valence-corrected chi connectivity index (χ2v) is 7.09. The average Bonchev–Trinajstić information content (AvgIpc) is 3.24. The summed E-state index contributed by atoms with van der Waals surface area (Å²) in [4.78, 5) is 26.1. The lowest BCUT2D eigenvalue weighted by Gasteiger charge is -2.21. The van der Waals surface area contributed by atoms with Gasteiger partial charge in [0.05, 0.1) is 11.3 Å². The van der Waals surface area contributed by atoms with E-state index in [1.54, 1.807) is 30.3 Å². The van der Waals surface area contributed by atoms with E-state index in [1.807, 2.05) is 51.0 Å². The van der Waals surface area contributed by atoms with Gasteiger partial charge in [-0.3, -0.25) is 9.59 Å². The molecular formula is C25H20NO2. The van der Waals surface area contributed by atoms with Crippen LogP contribution in [0.4, 0.5) is 5.69 Å². The van der Waals surface area contributed by atoms with E-state index in [2.05, 4.69) is 18.2 Å². The Morgan fingerprint density at radius 2 is 1.43 bits per heavy atom. The van der Waals surface area contributed by atoms with Crippen molar-refractivity contribution in [3.63, 3.8) is 0 Å². The van der Waals surface area contributed by atoms with Crippen LogP contribution in [0.1, 0.15) is 40.1 Å². The van der Waals surface area contributed by atoms with E-state index in [9.17, 15) is 9.59 Å². The quantitative estimate of drug-likeness (QED) is 0.814. The van der Waals surface area contributed by atoms with Crippen LogP contribution in [0.5, 0.6) is 0 Å². The van der Waals surface area contributed by atoms with Crippen molar-refractivity contribution >= 4 is 17.3 Å². The highest BCUT2D eigenvalue weighted by atomic mass is 16.1. The Bertz CT molecular complexity index is 985. The van der Waals surface area contributed by atoms with E-state index in [0.29, 0.717) is 22.4 Å². The van der Waals surface area contributed by atoms with E-state index in [4.69, 9.17) is 0 Å². The molecule has 137 valence electrons. The minimum Gasteiger partial charge on any atom is -0.352 e. The maximum atomic E-state index is 13.1. The Labute approximate surface area is 166 Å². The van der Waals surface area contributed by atoms with Gasteiger partial charge in [0, 0.05) is 22.7 Å². The fourth-order valence-electron chi connectivity index (χ4n) is 3.40. The summed E-state index contributed by atoms with van der Waals surface area (Å²) in [7, 11) is 0. The number of ketones is 2. The Balaban J connectivity index is 1.70. The Morgan fingerprint density at radius 1 is 0.821 bits per heavy atom. The van der Waals surface area contributed by atoms with Gasteiger partial charge < -0.3 is 5.32 Å². The van der Waals surface area contributed by atoms with Gasteiger partial charge in [-0.2, -0.15) is 0 Å². The normalized spacial score (nSPS) is 16.9. The number of allylic oxidation sites excluding steroid dienone is 4. The topological polar surface area (TPSA) is 46.2 Å². The van der Waals surface area contributed by atoms with Crippen LogP contribution < -0.4 is 5.32 Å². The second kappa shape index (κ2) is 7.59. The molecule has 0 spiro atoms. The van der Waals surface area contributed by atoms with Crippen LogP contribution in [0.2, 0.25) is 0 Å². The standard InChI is InChI=1S/C25H20NO2/c1-16(2)15-22-23(25(28)21-10-6-5-9-20(21)24(22)27)26-19-13-11-18(12-14-19)17-7-3-4-8-17/h3-15,26H,1-2H3. The number of Topliss-reactive ketones (excluding diaryl/α,β-unsaturated/α-hetero) is 2. The van der Waals surface area contributed by atoms with Crippen molar-refractivity contribution in [1.29, 1.82) is 0 Å². The Kier molecular flexibility index (Phi) is 4.99.